The van der Waals surface area contributed by atoms with E-state index >= 15 is 0 Å². The van der Waals surface area contributed by atoms with Gasteiger partial charge in [0.2, 0.25) is 5.91 Å². The van der Waals surface area contributed by atoms with Crippen molar-refractivity contribution < 1.29 is 19.1 Å². The summed E-state index contributed by atoms with van der Waals surface area (Å²) in [6.07, 6.45) is 0. The monoisotopic (exact) mass is 370 g/mol. The van der Waals surface area contributed by atoms with Gasteiger partial charge in [-0.25, -0.2) is 0 Å². The zero-order valence-electron chi connectivity index (χ0n) is 16.1. The molecule has 0 unspecified atom stereocenters. The Morgan fingerprint density at radius 3 is 2.07 bits per heavy atom. The fourth-order valence-electron chi connectivity index (χ4n) is 2.52. The first-order valence-corrected chi connectivity index (χ1v) is 8.93. The predicted octanol–water partition coefficient (Wildman–Crippen LogP) is 3.49. The average molecular weight is 370 g/mol. The molecule has 0 aliphatic heterocycles. The lowest BCUT2D eigenvalue weighted by molar-refractivity contribution is -0.118. The van der Waals surface area contributed by atoms with Gasteiger partial charge in [-0.3, -0.25) is 9.59 Å². The number of rotatable bonds is 8. The van der Waals surface area contributed by atoms with Crippen molar-refractivity contribution in [1.29, 1.82) is 0 Å². The van der Waals surface area contributed by atoms with Gasteiger partial charge in [0.25, 0.3) is 5.91 Å². The molecule has 0 bridgehead atoms. The molecular weight excluding hydrogens is 344 g/mol. The van der Waals surface area contributed by atoms with Crippen LogP contribution in [-0.4, -0.2) is 31.6 Å². The quantitative estimate of drug-likeness (QED) is 0.746. The Hall–Kier alpha value is -3.02. The van der Waals surface area contributed by atoms with Crippen LogP contribution in [0.2, 0.25) is 0 Å². The summed E-state index contributed by atoms with van der Waals surface area (Å²) in [6, 6.07) is 13.2. The van der Waals surface area contributed by atoms with Gasteiger partial charge in [0.1, 0.15) is 17.5 Å². The lowest BCUT2D eigenvalue weighted by Crippen LogP contribution is -2.47. The molecular formula is C21H26N2O4. The Balaban J connectivity index is 2.04. The molecule has 6 nitrogen and oxygen atoms in total. The minimum Gasteiger partial charge on any atom is -0.497 e. The van der Waals surface area contributed by atoms with E-state index in [2.05, 4.69) is 10.6 Å². The van der Waals surface area contributed by atoms with E-state index in [1.807, 2.05) is 20.8 Å². The number of ether oxygens (including phenoxy) is 2. The molecule has 144 valence electrons. The second kappa shape index (κ2) is 9.62. The first-order valence-electron chi connectivity index (χ1n) is 8.93. The fourth-order valence-corrected chi connectivity index (χ4v) is 2.52. The maximum atomic E-state index is 12.6. The van der Waals surface area contributed by atoms with Gasteiger partial charge in [0.15, 0.2) is 0 Å². The van der Waals surface area contributed by atoms with Crippen molar-refractivity contribution in [1.82, 2.24) is 5.32 Å². The van der Waals surface area contributed by atoms with E-state index in [0.717, 1.165) is 0 Å². The molecule has 2 aromatic rings. The van der Waals surface area contributed by atoms with Gasteiger partial charge in [0, 0.05) is 11.3 Å². The Labute approximate surface area is 159 Å². The SMILES string of the molecule is CCOc1ccc(C(=O)N[C@H](C(=O)Nc2ccc(OC)cc2)C(C)C)cc1. The number of methoxy groups -OCH3 is 1. The number of nitrogens with one attached hydrogen (secondary N) is 2. The Morgan fingerprint density at radius 2 is 1.56 bits per heavy atom. The average Bonchev–Trinajstić information content (AvgIpc) is 2.67. The minimum atomic E-state index is -0.661. The fraction of sp³-hybridized carbons (Fsp3) is 0.333. The van der Waals surface area contributed by atoms with Crippen molar-refractivity contribution >= 4 is 17.5 Å². The van der Waals surface area contributed by atoms with Gasteiger partial charge < -0.3 is 20.1 Å². The van der Waals surface area contributed by atoms with Gasteiger partial charge in [-0.15, -0.1) is 0 Å². The Bertz CT molecular complexity index is 755. The highest BCUT2D eigenvalue weighted by molar-refractivity contribution is 6.01. The van der Waals surface area contributed by atoms with Crippen LogP contribution in [0, 0.1) is 5.92 Å². The molecule has 0 saturated heterocycles. The van der Waals surface area contributed by atoms with E-state index < -0.39 is 6.04 Å². The normalized spacial score (nSPS) is 11.6. The smallest absolute Gasteiger partial charge is 0.251 e. The number of hydrogen-bond donors (Lipinski definition) is 2. The molecule has 0 aromatic heterocycles. The van der Waals surface area contributed by atoms with Crippen LogP contribution in [-0.2, 0) is 4.79 Å². The second-order valence-corrected chi connectivity index (χ2v) is 6.37. The molecule has 2 N–H and O–H groups in total. The van der Waals surface area contributed by atoms with E-state index in [9.17, 15) is 9.59 Å². The third-order valence-electron chi connectivity index (χ3n) is 4.02. The molecule has 2 aromatic carbocycles. The van der Waals surface area contributed by atoms with Crippen molar-refractivity contribution in [3.05, 3.63) is 54.1 Å². The van der Waals surface area contributed by atoms with Gasteiger partial charge in [-0.05, 0) is 61.4 Å². The van der Waals surface area contributed by atoms with E-state index in [1.165, 1.54) is 0 Å². The van der Waals surface area contributed by atoms with Crippen LogP contribution in [0.15, 0.2) is 48.5 Å². The molecule has 27 heavy (non-hydrogen) atoms. The van der Waals surface area contributed by atoms with Crippen LogP contribution in [0.5, 0.6) is 11.5 Å². The van der Waals surface area contributed by atoms with Gasteiger partial charge >= 0.3 is 0 Å². The summed E-state index contributed by atoms with van der Waals surface area (Å²) in [5.74, 6) is 0.759. The molecule has 0 radical (unpaired) electrons. The summed E-state index contributed by atoms with van der Waals surface area (Å²) in [7, 11) is 1.58. The maximum Gasteiger partial charge on any atom is 0.251 e. The largest absolute Gasteiger partial charge is 0.497 e. The minimum absolute atomic E-state index is 0.0742. The van der Waals surface area contributed by atoms with Crippen molar-refractivity contribution in [2.24, 2.45) is 5.92 Å². The van der Waals surface area contributed by atoms with Crippen LogP contribution in [0.4, 0.5) is 5.69 Å². The van der Waals surface area contributed by atoms with Gasteiger partial charge in [0.05, 0.1) is 13.7 Å². The highest BCUT2D eigenvalue weighted by atomic mass is 16.5. The van der Waals surface area contributed by atoms with Crippen molar-refractivity contribution in [3.63, 3.8) is 0 Å². The van der Waals surface area contributed by atoms with Crippen molar-refractivity contribution in [3.8, 4) is 11.5 Å². The molecule has 0 saturated carbocycles. The zero-order chi connectivity index (χ0) is 19.8. The lowest BCUT2D eigenvalue weighted by Gasteiger charge is -2.22. The van der Waals surface area contributed by atoms with Crippen LogP contribution >= 0.6 is 0 Å². The third-order valence-corrected chi connectivity index (χ3v) is 4.02. The highest BCUT2D eigenvalue weighted by Gasteiger charge is 2.24. The molecule has 0 heterocycles. The van der Waals surface area contributed by atoms with E-state index in [4.69, 9.17) is 9.47 Å². The van der Waals surface area contributed by atoms with Crippen LogP contribution in [0.3, 0.4) is 0 Å². The van der Waals surface area contributed by atoms with Crippen LogP contribution in [0.1, 0.15) is 31.1 Å². The Morgan fingerprint density at radius 1 is 0.963 bits per heavy atom. The molecule has 6 heteroatoms. The van der Waals surface area contributed by atoms with Crippen LogP contribution < -0.4 is 20.1 Å². The van der Waals surface area contributed by atoms with Crippen molar-refractivity contribution in [2.45, 2.75) is 26.8 Å². The molecule has 2 amide bonds. The van der Waals surface area contributed by atoms with E-state index in [-0.39, 0.29) is 17.7 Å². The summed E-state index contributed by atoms with van der Waals surface area (Å²) in [6.45, 7) is 6.23. The van der Waals surface area contributed by atoms with E-state index in [1.54, 1.807) is 55.6 Å². The third kappa shape index (κ3) is 5.74. The topological polar surface area (TPSA) is 76.7 Å². The summed E-state index contributed by atoms with van der Waals surface area (Å²) < 4.78 is 10.5. The molecule has 2 rings (SSSR count). The molecule has 1 atom stereocenters. The zero-order valence-corrected chi connectivity index (χ0v) is 16.1. The molecule has 0 spiro atoms. The van der Waals surface area contributed by atoms with Crippen LogP contribution in [0.25, 0.3) is 0 Å². The van der Waals surface area contributed by atoms with Gasteiger partial charge in [-0.1, -0.05) is 13.8 Å². The molecule has 0 fully saturated rings. The standard InChI is InChI=1S/C21H26N2O4/c1-5-27-18-10-6-15(7-11-18)20(24)23-19(14(2)3)21(25)22-16-8-12-17(26-4)13-9-16/h6-14,19H,5H2,1-4H3,(H,22,25)(H,23,24)/t19-/m0/s1. The van der Waals surface area contributed by atoms with E-state index in [0.29, 0.717) is 29.4 Å². The number of benzene rings is 2. The summed E-state index contributed by atoms with van der Waals surface area (Å²) in [5.41, 5.74) is 1.11. The maximum absolute atomic E-state index is 12.6. The molecule has 0 aliphatic rings. The first kappa shape index (κ1) is 20.3. The molecule has 0 aliphatic carbocycles. The number of anilines is 1. The van der Waals surface area contributed by atoms with Crippen molar-refractivity contribution in [2.75, 3.05) is 19.0 Å². The first-order chi connectivity index (χ1) is 12.9. The van der Waals surface area contributed by atoms with Gasteiger partial charge in [-0.2, -0.15) is 0 Å². The number of carbonyl (C=O) groups is 2. The predicted molar refractivity (Wildman–Crippen MR) is 105 cm³/mol. The summed E-state index contributed by atoms with van der Waals surface area (Å²) >= 11 is 0. The number of amides is 2. The second-order valence-electron chi connectivity index (χ2n) is 6.37. The highest BCUT2D eigenvalue weighted by Crippen LogP contribution is 2.17. The Kier molecular flexibility index (Phi) is 7.23. The summed E-state index contributed by atoms with van der Waals surface area (Å²) in [5, 5.41) is 5.64. The summed E-state index contributed by atoms with van der Waals surface area (Å²) in [4.78, 5) is 25.2. The number of carbonyl (C=O) groups excluding carboxylic acids is 2. The number of hydrogen-bond acceptors (Lipinski definition) is 4. The lowest BCUT2D eigenvalue weighted by atomic mass is 10.0.